The van der Waals surface area contributed by atoms with E-state index < -0.39 is 5.60 Å². The van der Waals surface area contributed by atoms with Crippen LogP contribution in [0, 0.1) is 5.92 Å². The second kappa shape index (κ2) is 6.85. The number of hydrogen-bond donors (Lipinski definition) is 1. The van der Waals surface area contributed by atoms with Gasteiger partial charge in [0.2, 0.25) is 0 Å². The number of nitrogens with zero attached hydrogens (tertiary/aromatic N) is 2. The molecule has 0 aliphatic carbocycles. The standard InChI is InChI=1S/C19H26N2O2/c1-19(2,22)17-5-3-16(4-6-17)18-14-21(10-9-20-18)13-15-7-11-23-12-8-15/h3-6,9,14-15,22H,7-8,10-13H2,1-2H3. The van der Waals surface area contributed by atoms with E-state index in [4.69, 9.17) is 4.74 Å². The first kappa shape index (κ1) is 16.2. The summed E-state index contributed by atoms with van der Waals surface area (Å²) in [7, 11) is 0. The van der Waals surface area contributed by atoms with Crippen molar-refractivity contribution in [1.29, 1.82) is 0 Å². The third-order valence-electron chi connectivity index (χ3n) is 4.57. The van der Waals surface area contributed by atoms with E-state index in [-0.39, 0.29) is 0 Å². The van der Waals surface area contributed by atoms with Crippen LogP contribution in [-0.2, 0) is 10.3 Å². The highest BCUT2D eigenvalue weighted by Crippen LogP contribution is 2.25. The van der Waals surface area contributed by atoms with Crippen molar-refractivity contribution in [3.63, 3.8) is 0 Å². The van der Waals surface area contributed by atoms with Crippen LogP contribution in [0.3, 0.4) is 0 Å². The molecule has 0 atom stereocenters. The lowest BCUT2D eigenvalue weighted by Gasteiger charge is -2.29. The molecule has 4 heteroatoms. The third-order valence-corrected chi connectivity index (χ3v) is 4.57. The van der Waals surface area contributed by atoms with Gasteiger partial charge in [0.1, 0.15) is 0 Å². The van der Waals surface area contributed by atoms with Crippen LogP contribution in [0.25, 0.3) is 5.70 Å². The van der Waals surface area contributed by atoms with E-state index in [1.54, 1.807) is 13.8 Å². The Hall–Kier alpha value is -1.65. The molecule has 1 fully saturated rings. The fraction of sp³-hybridized carbons (Fsp3) is 0.526. The van der Waals surface area contributed by atoms with Crippen LogP contribution in [0.15, 0.2) is 35.5 Å². The van der Waals surface area contributed by atoms with Crippen LogP contribution < -0.4 is 0 Å². The minimum absolute atomic E-state index is 0.713. The lowest BCUT2D eigenvalue weighted by molar-refractivity contribution is 0.0591. The number of rotatable bonds is 4. The van der Waals surface area contributed by atoms with Crippen molar-refractivity contribution in [1.82, 2.24) is 4.90 Å². The van der Waals surface area contributed by atoms with Gasteiger partial charge in [-0.25, -0.2) is 0 Å². The Kier molecular flexibility index (Phi) is 4.83. The highest BCUT2D eigenvalue weighted by Gasteiger charge is 2.19. The van der Waals surface area contributed by atoms with Crippen LogP contribution in [-0.4, -0.2) is 42.5 Å². The topological polar surface area (TPSA) is 45.1 Å². The highest BCUT2D eigenvalue weighted by molar-refractivity contribution is 5.77. The monoisotopic (exact) mass is 314 g/mol. The molecule has 1 aromatic carbocycles. The number of aliphatic imine (C=N–C) groups is 1. The minimum Gasteiger partial charge on any atom is -0.386 e. The molecule has 2 heterocycles. The number of aliphatic hydroxyl groups is 1. The first-order chi connectivity index (χ1) is 11.0. The fourth-order valence-electron chi connectivity index (χ4n) is 3.09. The summed E-state index contributed by atoms with van der Waals surface area (Å²) in [4.78, 5) is 6.89. The Morgan fingerprint density at radius 3 is 2.57 bits per heavy atom. The molecular weight excluding hydrogens is 288 g/mol. The maximum atomic E-state index is 10.1. The lowest BCUT2D eigenvalue weighted by atomic mass is 9.96. The molecule has 0 unspecified atom stereocenters. The van der Waals surface area contributed by atoms with Crippen LogP contribution >= 0.6 is 0 Å². The van der Waals surface area contributed by atoms with Gasteiger partial charge in [-0.05, 0) is 38.2 Å². The van der Waals surface area contributed by atoms with Gasteiger partial charge in [-0.2, -0.15) is 0 Å². The quantitative estimate of drug-likeness (QED) is 0.929. The van der Waals surface area contributed by atoms with E-state index in [0.717, 1.165) is 56.0 Å². The maximum Gasteiger partial charge on any atom is 0.0857 e. The van der Waals surface area contributed by atoms with Crippen molar-refractivity contribution in [2.75, 3.05) is 26.3 Å². The minimum atomic E-state index is -0.808. The first-order valence-corrected chi connectivity index (χ1v) is 8.42. The van der Waals surface area contributed by atoms with Crippen LogP contribution in [0.1, 0.15) is 37.8 Å². The van der Waals surface area contributed by atoms with Crippen molar-refractivity contribution < 1.29 is 9.84 Å². The second-order valence-electron chi connectivity index (χ2n) is 6.97. The number of benzene rings is 1. The predicted octanol–water partition coefficient (Wildman–Crippen LogP) is 3.03. The van der Waals surface area contributed by atoms with E-state index in [2.05, 4.69) is 16.1 Å². The molecular formula is C19H26N2O2. The molecule has 2 aliphatic heterocycles. The summed E-state index contributed by atoms with van der Waals surface area (Å²) < 4.78 is 5.44. The molecule has 0 spiro atoms. The van der Waals surface area contributed by atoms with Crippen molar-refractivity contribution in [2.45, 2.75) is 32.3 Å². The number of ether oxygens (including phenoxy) is 1. The van der Waals surface area contributed by atoms with E-state index in [0.29, 0.717) is 5.92 Å². The van der Waals surface area contributed by atoms with E-state index in [1.165, 1.54) is 0 Å². The Bertz CT molecular complexity index is 578. The zero-order valence-electron chi connectivity index (χ0n) is 14.0. The van der Waals surface area contributed by atoms with Crippen molar-refractivity contribution in [3.8, 4) is 0 Å². The Labute approximate surface area is 138 Å². The molecule has 2 aliphatic rings. The second-order valence-corrected chi connectivity index (χ2v) is 6.97. The normalized spacial score (nSPS) is 19.8. The molecule has 0 radical (unpaired) electrons. The van der Waals surface area contributed by atoms with E-state index in [9.17, 15) is 5.11 Å². The largest absolute Gasteiger partial charge is 0.386 e. The predicted molar refractivity (Wildman–Crippen MR) is 93.3 cm³/mol. The van der Waals surface area contributed by atoms with Gasteiger partial charge in [-0.3, -0.25) is 4.99 Å². The van der Waals surface area contributed by atoms with E-state index >= 15 is 0 Å². The highest BCUT2D eigenvalue weighted by atomic mass is 16.5. The van der Waals surface area contributed by atoms with Crippen molar-refractivity contribution in [3.05, 3.63) is 41.6 Å². The molecule has 124 valence electrons. The van der Waals surface area contributed by atoms with E-state index in [1.807, 2.05) is 30.5 Å². The average Bonchev–Trinajstić information content (AvgIpc) is 2.55. The van der Waals surface area contributed by atoms with Gasteiger partial charge in [-0.1, -0.05) is 24.3 Å². The number of hydrogen-bond acceptors (Lipinski definition) is 4. The smallest absolute Gasteiger partial charge is 0.0857 e. The Balaban J connectivity index is 1.69. The molecule has 23 heavy (non-hydrogen) atoms. The van der Waals surface area contributed by atoms with Gasteiger partial charge >= 0.3 is 0 Å². The lowest BCUT2D eigenvalue weighted by Crippen LogP contribution is -2.31. The SMILES string of the molecule is CC(C)(O)c1ccc(C2=CN(CC3CCOCC3)CC=N2)cc1. The van der Waals surface area contributed by atoms with Crippen molar-refractivity contribution in [2.24, 2.45) is 10.9 Å². The van der Waals surface area contributed by atoms with Gasteiger partial charge in [0.25, 0.3) is 0 Å². The van der Waals surface area contributed by atoms with Gasteiger partial charge in [0, 0.05) is 37.7 Å². The summed E-state index contributed by atoms with van der Waals surface area (Å²) in [6.07, 6.45) is 6.45. The summed E-state index contributed by atoms with van der Waals surface area (Å²) in [6, 6.07) is 8.02. The fourth-order valence-corrected chi connectivity index (χ4v) is 3.09. The van der Waals surface area contributed by atoms with Gasteiger partial charge in [0.05, 0.1) is 17.8 Å². The molecule has 0 amide bonds. The summed E-state index contributed by atoms with van der Waals surface area (Å²) in [6.45, 7) is 7.33. The molecule has 3 rings (SSSR count). The summed E-state index contributed by atoms with van der Waals surface area (Å²) in [5, 5.41) is 10.1. The van der Waals surface area contributed by atoms with Crippen LogP contribution in [0.2, 0.25) is 0 Å². The molecule has 0 aromatic heterocycles. The van der Waals surface area contributed by atoms with Gasteiger partial charge < -0.3 is 14.7 Å². The molecule has 1 saturated heterocycles. The summed E-state index contributed by atoms with van der Waals surface area (Å²) >= 11 is 0. The first-order valence-electron chi connectivity index (χ1n) is 8.42. The molecule has 1 N–H and O–H groups in total. The Morgan fingerprint density at radius 2 is 1.91 bits per heavy atom. The average molecular weight is 314 g/mol. The van der Waals surface area contributed by atoms with Gasteiger partial charge in [0.15, 0.2) is 0 Å². The third kappa shape index (κ3) is 4.21. The summed E-state index contributed by atoms with van der Waals surface area (Å²) in [5.41, 5.74) is 2.19. The van der Waals surface area contributed by atoms with Crippen molar-refractivity contribution >= 4 is 11.9 Å². The molecule has 1 aromatic rings. The zero-order valence-corrected chi connectivity index (χ0v) is 14.0. The maximum absolute atomic E-state index is 10.1. The van der Waals surface area contributed by atoms with Gasteiger partial charge in [-0.15, -0.1) is 0 Å². The Morgan fingerprint density at radius 1 is 1.22 bits per heavy atom. The molecule has 0 saturated carbocycles. The zero-order chi connectivity index (χ0) is 16.3. The summed E-state index contributed by atoms with van der Waals surface area (Å²) in [5.74, 6) is 0.713. The van der Waals surface area contributed by atoms with Crippen LogP contribution in [0.5, 0.6) is 0 Å². The molecule has 4 nitrogen and oxygen atoms in total. The molecule has 0 bridgehead atoms. The van der Waals surface area contributed by atoms with Crippen LogP contribution in [0.4, 0.5) is 0 Å².